The summed E-state index contributed by atoms with van der Waals surface area (Å²) in [6, 6.07) is 15.9. The number of imidazole rings is 1. The highest BCUT2D eigenvalue weighted by Crippen LogP contribution is 2.17. The summed E-state index contributed by atoms with van der Waals surface area (Å²) >= 11 is 0. The van der Waals surface area contributed by atoms with Gasteiger partial charge in [-0.25, -0.2) is 9.98 Å². The summed E-state index contributed by atoms with van der Waals surface area (Å²) < 4.78 is 7.17. The highest BCUT2D eigenvalue weighted by molar-refractivity contribution is 5.93. The van der Waals surface area contributed by atoms with Crippen molar-refractivity contribution in [2.24, 2.45) is 10.7 Å². The third kappa shape index (κ3) is 4.24. The molecule has 0 aliphatic heterocycles. The zero-order chi connectivity index (χ0) is 17.5. The van der Waals surface area contributed by atoms with E-state index in [1.165, 1.54) is 0 Å². The van der Waals surface area contributed by atoms with Gasteiger partial charge in [0.1, 0.15) is 0 Å². The van der Waals surface area contributed by atoms with Gasteiger partial charge in [0.2, 0.25) is 0 Å². The largest absolute Gasteiger partial charge is 0.380 e. The summed E-state index contributed by atoms with van der Waals surface area (Å²) in [5, 5.41) is 3.15. The number of aromatic nitrogens is 2. The van der Waals surface area contributed by atoms with E-state index in [0.29, 0.717) is 19.1 Å². The van der Waals surface area contributed by atoms with Crippen molar-refractivity contribution in [3.05, 3.63) is 78.4 Å². The van der Waals surface area contributed by atoms with Gasteiger partial charge in [-0.1, -0.05) is 36.4 Å². The topological polar surface area (TPSA) is 77.5 Å². The van der Waals surface area contributed by atoms with Crippen molar-refractivity contribution >= 4 is 11.6 Å². The van der Waals surface area contributed by atoms with Crippen molar-refractivity contribution in [1.29, 1.82) is 0 Å². The van der Waals surface area contributed by atoms with Crippen LogP contribution >= 0.6 is 0 Å². The molecule has 2 aromatic carbocycles. The molecule has 0 saturated carbocycles. The van der Waals surface area contributed by atoms with E-state index in [1.807, 2.05) is 59.3 Å². The number of nitrogens with zero attached hydrogens (tertiary/aromatic N) is 3. The third-order valence-electron chi connectivity index (χ3n) is 3.77. The van der Waals surface area contributed by atoms with Crippen LogP contribution in [-0.4, -0.2) is 22.6 Å². The monoisotopic (exact) mass is 335 g/mol. The van der Waals surface area contributed by atoms with Gasteiger partial charge in [-0.3, -0.25) is 0 Å². The molecule has 0 aliphatic carbocycles. The highest BCUT2D eigenvalue weighted by Gasteiger charge is 2.05. The van der Waals surface area contributed by atoms with E-state index in [9.17, 15) is 0 Å². The second-order valence-electron chi connectivity index (χ2n) is 5.52. The molecule has 0 saturated heterocycles. The standard InChI is InChI=1S/C19H21N5O/c1-25-13-16-7-2-4-8-17(16)23-19(20)22-12-15-6-3-5-9-18(15)24-11-10-21-14-24/h2-11,14H,12-13H2,1H3,(H3,20,22,23). The number of rotatable bonds is 6. The second kappa shape index (κ2) is 8.12. The molecule has 0 radical (unpaired) electrons. The number of methoxy groups -OCH3 is 1. The van der Waals surface area contributed by atoms with Crippen molar-refractivity contribution in [2.75, 3.05) is 12.4 Å². The Morgan fingerprint density at radius 3 is 2.68 bits per heavy atom. The lowest BCUT2D eigenvalue weighted by Gasteiger charge is -2.12. The molecule has 128 valence electrons. The average molecular weight is 335 g/mol. The van der Waals surface area contributed by atoms with Crippen LogP contribution in [0.5, 0.6) is 0 Å². The van der Waals surface area contributed by atoms with Gasteiger partial charge in [-0.05, 0) is 17.7 Å². The average Bonchev–Trinajstić information content (AvgIpc) is 3.17. The highest BCUT2D eigenvalue weighted by atomic mass is 16.5. The quantitative estimate of drug-likeness (QED) is 0.536. The van der Waals surface area contributed by atoms with Gasteiger partial charge < -0.3 is 20.4 Å². The predicted molar refractivity (Wildman–Crippen MR) is 99.7 cm³/mol. The summed E-state index contributed by atoms with van der Waals surface area (Å²) in [5.74, 6) is 0.365. The number of anilines is 1. The van der Waals surface area contributed by atoms with Gasteiger partial charge in [0.05, 0.1) is 25.2 Å². The maximum absolute atomic E-state index is 6.07. The van der Waals surface area contributed by atoms with Crippen LogP contribution in [0.2, 0.25) is 0 Å². The number of nitrogens with two attached hydrogens (primary N) is 1. The van der Waals surface area contributed by atoms with E-state index >= 15 is 0 Å². The SMILES string of the molecule is COCc1ccccc1NC(N)=NCc1ccccc1-n1ccnc1. The molecule has 3 aromatic rings. The van der Waals surface area contributed by atoms with Crippen LogP contribution in [0.3, 0.4) is 0 Å². The molecule has 6 heteroatoms. The third-order valence-corrected chi connectivity index (χ3v) is 3.77. The van der Waals surface area contributed by atoms with Crippen molar-refractivity contribution in [1.82, 2.24) is 9.55 Å². The minimum absolute atomic E-state index is 0.365. The van der Waals surface area contributed by atoms with Crippen LogP contribution < -0.4 is 11.1 Å². The van der Waals surface area contributed by atoms with Crippen LogP contribution in [0.4, 0.5) is 5.69 Å². The van der Waals surface area contributed by atoms with Crippen molar-refractivity contribution in [2.45, 2.75) is 13.2 Å². The predicted octanol–water partition coefficient (Wildman–Crippen LogP) is 2.95. The molecular weight excluding hydrogens is 314 g/mol. The lowest BCUT2D eigenvalue weighted by molar-refractivity contribution is 0.185. The Morgan fingerprint density at radius 1 is 1.16 bits per heavy atom. The molecule has 3 rings (SSSR count). The Labute approximate surface area is 147 Å². The number of para-hydroxylation sites is 2. The summed E-state index contributed by atoms with van der Waals surface area (Å²) in [4.78, 5) is 8.57. The first kappa shape index (κ1) is 16.7. The van der Waals surface area contributed by atoms with Crippen molar-refractivity contribution in [3.8, 4) is 5.69 Å². The number of ether oxygens (including phenoxy) is 1. The minimum Gasteiger partial charge on any atom is -0.380 e. The minimum atomic E-state index is 0.365. The van der Waals surface area contributed by atoms with Gasteiger partial charge in [-0.2, -0.15) is 0 Å². The maximum Gasteiger partial charge on any atom is 0.193 e. The van der Waals surface area contributed by atoms with E-state index in [1.54, 1.807) is 19.6 Å². The molecule has 0 fully saturated rings. The maximum atomic E-state index is 6.07. The van der Waals surface area contributed by atoms with Gasteiger partial charge >= 0.3 is 0 Å². The summed E-state index contributed by atoms with van der Waals surface area (Å²) in [7, 11) is 1.67. The second-order valence-corrected chi connectivity index (χ2v) is 5.52. The Bertz CT molecular complexity index is 843. The number of benzene rings is 2. The van der Waals surface area contributed by atoms with Gasteiger partial charge in [0.25, 0.3) is 0 Å². The molecular formula is C19H21N5O. The fourth-order valence-corrected chi connectivity index (χ4v) is 2.57. The van der Waals surface area contributed by atoms with Gasteiger partial charge in [0.15, 0.2) is 5.96 Å². The molecule has 0 spiro atoms. The van der Waals surface area contributed by atoms with Crippen molar-refractivity contribution < 1.29 is 4.74 Å². The molecule has 6 nitrogen and oxygen atoms in total. The van der Waals surface area contributed by atoms with E-state index in [4.69, 9.17) is 10.5 Å². The summed E-state index contributed by atoms with van der Waals surface area (Å²) in [5.41, 5.74) is 10.1. The smallest absolute Gasteiger partial charge is 0.193 e. The first-order chi connectivity index (χ1) is 12.3. The number of hydrogen-bond acceptors (Lipinski definition) is 3. The zero-order valence-corrected chi connectivity index (χ0v) is 14.1. The number of guanidine groups is 1. The normalized spacial score (nSPS) is 11.5. The molecule has 0 atom stereocenters. The Kier molecular flexibility index (Phi) is 5.43. The summed E-state index contributed by atoms with van der Waals surface area (Å²) in [6.45, 7) is 0.986. The molecule has 1 heterocycles. The lowest BCUT2D eigenvalue weighted by Crippen LogP contribution is -2.23. The fraction of sp³-hybridized carbons (Fsp3) is 0.158. The molecule has 0 bridgehead atoms. The first-order valence-electron chi connectivity index (χ1n) is 7.98. The fourth-order valence-electron chi connectivity index (χ4n) is 2.57. The van der Waals surface area contributed by atoms with E-state index in [-0.39, 0.29) is 0 Å². The number of nitrogens with one attached hydrogen (secondary N) is 1. The molecule has 0 amide bonds. The number of aliphatic imine (C=N–C) groups is 1. The summed E-state index contributed by atoms with van der Waals surface area (Å²) in [6.07, 6.45) is 5.43. The van der Waals surface area contributed by atoms with E-state index < -0.39 is 0 Å². The Balaban J connectivity index is 1.75. The van der Waals surface area contributed by atoms with E-state index in [2.05, 4.69) is 15.3 Å². The molecule has 1 aromatic heterocycles. The number of hydrogen-bond donors (Lipinski definition) is 2. The van der Waals surface area contributed by atoms with Crippen LogP contribution in [0.25, 0.3) is 5.69 Å². The zero-order valence-electron chi connectivity index (χ0n) is 14.1. The van der Waals surface area contributed by atoms with Crippen molar-refractivity contribution in [3.63, 3.8) is 0 Å². The Morgan fingerprint density at radius 2 is 1.92 bits per heavy atom. The van der Waals surface area contributed by atoms with Crippen LogP contribution in [0.15, 0.2) is 72.2 Å². The molecule has 3 N–H and O–H groups in total. The van der Waals surface area contributed by atoms with E-state index in [0.717, 1.165) is 22.5 Å². The molecule has 0 aliphatic rings. The van der Waals surface area contributed by atoms with Crippen LogP contribution in [0.1, 0.15) is 11.1 Å². The van der Waals surface area contributed by atoms with Crippen LogP contribution in [0, 0.1) is 0 Å². The van der Waals surface area contributed by atoms with Gasteiger partial charge in [-0.15, -0.1) is 0 Å². The lowest BCUT2D eigenvalue weighted by atomic mass is 10.2. The first-order valence-corrected chi connectivity index (χ1v) is 7.98. The molecule has 25 heavy (non-hydrogen) atoms. The van der Waals surface area contributed by atoms with Gasteiger partial charge in [0, 0.05) is 30.8 Å². The van der Waals surface area contributed by atoms with Crippen LogP contribution in [-0.2, 0) is 17.9 Å². The Hall–Kier alpha value is -3.12. The molecule has 0 unspecified atom stereocenters.